The quantitative estimate of drug-likeness (QED) is 0.557. The van der Waals surface area contributed by atoms with Gasteiger partial charge in [-0.25, -0.2) is 9.37 Å². The number of hydrogen-bond acceptors (Lipinski definition) is 4. The molecule has 0 saturated heterocycles. The molecule has 0 unspecified atom stereocenters. The van der Waals surface area contributed by atoms with Crippen molar-refractivity contribution >= 4 is 48.5 Å². The zero-order chi connectivity index (χ0) is 18.7. The summed E-state index contributed by atoms with van der Waals surface area (Å²) in [5, 5.41) is 0.595. The van der Waals surface area contributed by atoms with E-state index < -0.39 is 0 Å². The van der Waals surface area contributed by atoms with E-state index in [9.17, 15) is 9.18 Å². The molecule has 0 radical (unpaired) electrons. The summed E-state index contributed by atoms with van der Waals surface area (Å²) in [5.41, 5.74) is 1.30. The fraction of sp³-hybridized carbons (Fsp3) is 0.263. The Morgan fingerprint density at radius 2 is 1.88 bits per heavy atom. The highest BCUT2D eigenvalue weighted by Gasteiger charge is 2.21. The Morgan fingerprint density at radius 3 is 2.58 bits per heavy atom. The maximum absolute atomic E-state index is 13.5. The first-order valence-electron chi connectivity index (χ1n) is 8.22. The van der Waals surface area contributed by atoms with Gasteiger partial charge >= 0.3 is 0 Å². The van der Waals surface area contributed by atoms with Crippen molar-refractivity contribution in [3.63, 3.8) is 0 Å². The molecule has 0 saturated carbocycles. The molecule has 7 heteroatoms. The summed E-state index contributed by atoms with van der Waals surface area (Å²) < 4.78 is 15.1. The largest absolute Gasteiger partial charge is 0.309 e. The number of carbonyl (C=O) groups excluding carboxylic acids is 1. The van der Waals surface area contributed by atoms with E-state index >= 15 is 0 Å². The van der Waals surface area contributed by atoms with Crippen LogP contribution in [0.25, 0.3) is 10.2 Å². The van der Waals surface area contributed by atoms with Crippen molar-refractivity contribution in [2.75, 3.05) is 32.1 Å². The molecule has 0 spiro atoms. The predicted molar refractivity (Wildman–Crippen MR) is 109 cm³/mol. The van der Waals surface area contributed by atoms with Gasteiger partial charge in [0.25, 0.3) is 5.91 Å². The van der Waals surface area contributed by atoms with Crippen molar-refractivity contribution in [2.45, 2.75) is 6.42 Å². The first-order chi connectivity index (χ1) is 12.4. The SMILES string of the molecule is CN(C)CCCN(C(=O)c1ccc(Br)cc1)c1nc2ccc(F)cc2s1. The van der Waals surface area contributed by atoms with Gasteiger partial charge < -0.3 is 4.90 Å². The summed E-state index contributed by atoms with van der Waals surface area (Å²) in [5.74, 6) is -0.401. The number of thiazole rings is 1. The number of anilines is 1. The third-order valence-electron chi connectivity index (χ3n) is 3.89. The summed E-state index contributed by atoms with van der Waals surface area (Å²) in [4.78, 5) is 21.4. The maximum Gasteiger partial charge on any atom is 0.260 e. The van der Waals surface area contributed by atoms with Crippen molar-refractivity contribution in [1.82, 2.24) is 9.88 Å². The van der Waals surface area contributed by atoms with Gasteiger partial charge in [-0.15, -0.1) is 0 Å². The van der Waals surface area contributed by atoms with Gasteiger partial charge in [-0.1, -0.05) is 27.3 Å². The number of nitrogens with zero attached hydrogens (tertiary/aromatic N) is 3. The fourth-order valence-electron chi connectivity index (χ4n) is 2.58. The number of aromatic nitrogens is 1. The second kappa shape index (κ2) is 8.24. The van der Waals surface area contributed by atoms with Crippen LogP contribution in [0.4, 0.5) is 9.52 Å². The van der Waals surface area contributed by atoms with Crippen molar-refractivity contribution in [2.24, 2.45) is 0 Å². The van der Waals surface area contributed by atoms with Crippen molar-refractivity contribution < 1.29 is 9.18 Å². The molecule has 3 aromatic rings. The average Bonchev–Trinajstić information content (AvgIpc) is 3.01. The molecular formula is C19H19BrFN3OS. The molecule has 26 heavy (non-hydrogen) atoms. The maximum atomic E-state index is 13.5. The van der Waals surface area contributed by atoms with Crippen LogP contribution in [0.5, 0.6) is 0 Å². The topological polar surface area (TPSA) is 36.4 Å². The zero-order valence-electron chi connectivity index (χ0n) is 14.6. The molecule has 0 aliphatic heterocycles. The lowest BCUT2D eigenvalue weighted by Gasteiger charge is -2.21. The molecule has 1 amide bonds. The Labute approximate surface area is 164 Å². The Bertz CT molecular complexity index is 911. The molecule has 136 valence electrons. The van der Waals surface area contributed by atoms with E-state index in [1.165, 1.54) is 23.5 Å². The molecule has 0 N–H and O–H groups in total. The highest BCUT2D eigenvalue weighted by molar-refractivity contribution is 9.10. The number of hydrogen-bond donors (Lipinski definition) is 0. The van der Waals surface area contributed by atoms with E-state index in [-0.39, 0.29) is 11.7 Å². The summed E-state index contributed by atoms with van der Waals surface area (Å²) in [7, 11) is 4.00. The minimum Gasteiger partial charge on any atom is -0.309 e. The van der Waals surface area contributed by atoms with Gasteiger partial charge in [-0.05, 0) is 69.5 Å². The van der Waals surface area contributed by atoms with Crippen LogP contribution in [0.1, 0.15) is 16.8 Å². The van der Waals surface area contributed by atoms with Crippen molar-refractivity contribution in [1.29, 1.82) is 0 Å². The number of benzene rings is 2. The highest BCUT2D eigenvalue weighted by Crippen LogP contribution is 2.30. The van der Waals surface area contributed by atoms with Gasteiger partial charge in [-0.2, -0.15) is 0 Å². The average molecular weight is 436 g/mol. The Balaban J connectivity index is 1.92. The normalized spacial score (nSPS) is 11.3. The molecular weight excluding hydrogens is 417 g/mol. The van der Waals surface area contributed by atoms with Crippen molar-refractivity contribution in [3.8, 4) is 0 Å². The summed E-state index contributed by atoms with van der Waals surface area (Å²) >= 11 is 4.72. The van der Waals surface area contributed by atoms with Crippen LogP contribution < -0.4 is 4.90 Å². The van der Waals surface area contributed by atoms with Gasteiger partial charge in [0.2, 0.25) is 0 Å². The van der Waals surface area contributed by atoms with E-state index in [0.717, 1.165) is 22.1 Å². The number of amides is 1. The Kier molecular flexibility index (Phi) is 6.01. The van der Waals surface area contributed by atoms with Crippen LogP contribution in [0.2, 0.25) is 0 Å². The Morgan fingerprint density at radius 1 is 1.15 bits per heavy atom. The predicted octanol–water partition coefficient (Wildman–Crippen LogP) is 4.80. The highest BCUT2D eigenvalue weighted by atomic mass is 79.9. The number of rotatable bonds is 6. The van der Waals surface area contributed by atoms with E-state index in [4.69, 9.17) is 0 Å². The standard InChI is InChI=1S/C19H19BrFN3OS/c1-23(2)10-3-11-24(18(25)13-4-6-14(20)7-5-13)19-22-16-9-8-15(21)12-17(16)26-19/h4-9,12H,3,10-11H2,1-2H3. The number of carbonyl (C=O) groups is 1. The summed E-state index contributed by atoms with van der Waals surface area (Å²) in [6, 6.07) is 11.8. The molecule has 0 aliphatic carbocycles. The molecule has 1 aromatic heterocycles. The van der Waals surface area contributed by atoms with Crippen LogP contribution in [-0.4, -0.2) is 43.0 Å². The summed E-state index contributed by atoms with van der Waals surface area (Å²) in [6.07, 6.45) is 0.819. The van der Waals surface area contributed by atoms with E-state index in [0.29, 0.717) is 22.8 Å². The summed E-state index contributed by atoms with van der Waals surface area (Å²) in [6.45, 7) is 1.42. The number of halogens is 2. The van der Waals surface area contributed by atoms with Crippen molar-refractivity contribution in [3.05, 3.63) is 58.3 Å². The van der Waals surface area contributed by atoms with Crippen LogP contribution in [0.15, 0.2) is 46.9 Å². The second-order valence-electron chi connectivity index (χ2n) is 6.23. The van der Waals surface area contributed by atoms with Crippen LogP contribution >= 0.6 is 27.3 Å². The minimum atomic E-state index is -0.300. The van der Waals surface area contributed by atoms with Gasteiger partial charge in [0, 0.05) is 16.6 Å². The smallest absolute Gasteiger partial charge is 0.260 e. The second-order valence-corrected chi connectivity index (χ2v) is 8.15. The molecule has 0 fully saturated rings. The van der Waals surface area contributed by atoms with Crippen LogP contribution in [-0.2, 0) is 0 Å². The van der Waals surface area contributed by atoms with E-state index in [2.05, 4.69) is 25.8 Å². The third-order valence-corrected chi connectivity index (χ3v) is 5.46. The molecule has 0 aliphatic rings. The molecule has 3 rings (SSSR count). The lowest BCUT2D eigenvalue weighted by Crippen LogP contribution is -2.33. The van der Waals surface area contributed by atoms with Gasteiger partial charge in [0.05, 0.1) is 10.2 Å². The lowest BCUT2D eigenvalue weighted by atomic mass is 10.2. The number of fused-ring (bicyclic) bond motifs is 1. The van der Waals surface area contributed by atoms with Crippen LogP contribution in [0, 0.1) is 5.82 Å². The van der Waals surface area contributed by atoms with Gasteiger partial charge in [-0.3, -0.25) is 9.69 Å². The van der Waals surface area contributed by atoms with E-state index in [1.54, 1.807) is 23.1 Å². The minimum absolute atomic E-state index is 0.101. The fourth-order valence-corrected chi connectivity index (χ4v) is 3.86. The molecule has 4 nitrogen and oxygen atoms in total. The van der Waals surface area contributed by atoms with E-state index in [1.807, 2.05) is 26.2 Å². The molecule has 2 aromatic carbocycles. The first-order valence-corrected chi connectivity index (χ1v) is 9.83. The van der Waals surface area contributed by atoms with Gasteiger partial charge in [0.1, 0.15) is 5.82 Å². The molecule has 0 bridgehead atoms. The lowest BCUT2D eigenvalue weighted by molar-refractivity contribution is 0.0986. The molecule has 1 heterocycles. The third kappa shape index (κ3) is 4.47. The first kappa shape index (κ1) is 18.9. The zero-order valence-corrected chi connectivity index (χ0v) is 17.0. The Hall–Kier alpha value is -1.83. The monoisotopic (exact) mass is 435 g/mol. The van der Waals surface area contributed by atoms with Crippen LogP contribution in [0.3, 0.4) is 0 Å². The van der Waals surface area contributed by atoms with Gasteiger partial charge in [0.15, 0.2) is 5.13 Å². The molecule has 0 atom stereocenters.